The number of fused-ring (bicyclic) bond motifs is 1. The van der Waals surface area contributed by atoms with Crippen LogP contribution in [0.5, 0.6) is 0 Å². The SMILES string of the molecule is CCc1cnc2c(c1SCC(=O)NCc1ccccc1Cl)c(=O)n(C)c(=O)n2C. The summed E-state index contributed by atoms with van der Waals surface area (Å²) in [7, 11) is 3.01. The van der Waals surface area contributed by atoms with Gasteiger partial charge in [-0.05, 0) is 23.6 Å². The van der Waals surface area contributed by atoms with Gasteiger partial charge in [0, 0.05) is 36.8 Å². The molecule has 0 saturated carbocycles. The topological polar surface area (TPSA) is 86.0 Å². The van der Waals surface area contributed by atoms with Crippen LogP contribution >= 0.6 is 23.4 Å². The second-order valence-electron chi connectivity index (χ2n) is 6.53. The monoisotopic (exact) mass is 432 g/mol. The summed E-state index contributed by atoms with van der Waals surface area (Å²) in [5.74, 6) is -0.0497. The molecule has 0 aliphatic carbocycles. The van der Waals surface area contributed by atoms with Gasteiger partial charge in [-0.15, -0.1) is 11.8 Å². The Morgan fingerprint density at radius 3 is 2.59 bits per heavy atom. The largest absolute Gasteiger partial charge is 0.351 e. The summed E-state index contributed by atoms with van der Waals surface area (Å²) in [4.78, 5) is 42.3. The number of carbonyl (C=O) groups excluding carboxylic acids is 1. The Hall–Kier alpha value is -2.58. The van der Waals surface area contributed by atoms with E-state index in [0.717, 1.165) is 15.7 Å². The first-order valence-electron chi connectivity index (χ1n) is 9.05. The van der Waals surface area contributed by atoms with E-state index in [9.17, 15) is 14.4 Å². The van der Waals surface area contributed by atoms with Gasteiger partial charge in [0.2, 0.25) is 5.91 Å². The molecule has 2 heterocycles. The summed E-state index contributed by atoms with van der Waals surface area (Å²) >= 11 is 7.39. The maximum absolute atomic E-state index is 12.8. The molecule has 1 amide bonds. The van der Waals surface area contributed by atoms with E-state index in [4.69, 9.17) is 11.6 Å². The number of hydrogen-bond acceptors (Lipinski definition) is 5. The van der Waals surface area contributed by atoms with E-state index in [1.54, 1.807) is 19.3 Å². The van der Waals surface area contributed by atoms with Crippen molar-refractivity contribution in [2.75, 3.05) is 5.75 Å². The molecule has 2 aromatic heterocycles. The van der Waals surface area contributed by atoms with Gasteiger partial charge >= 0.3 is 5.69 Å². The molecule has 1 N–H and O–H groups in total. The molecule has 0 aliphatic heterocycles. The molecule has 0 bridgehead atoms. The van der Waals surface area contributed by atoms with Gasteiger partial charge in [0.25, 0.3) is 5.56 Å². The average molecular weight is 433 g/mol. The van der Waals surface area contributed by atoms with Crippen molar-refractivity contribution in [1.29, 1.82) is 0 Å². The first kappa shape index (κ1) is 21.1. The summed E-state index contributed by atoms with van der Waals surface area (Å²) < 4.78 is 2.41. The Morgan fingerprint density at radius 2 is 1.90 bits per heavy atom. The third kappa shape index (κ3) is 4.23. The van der Waals surface area contributed by atoms with Crippen LogP contribution in [0.25, 0.3) is 11.0 Å². The molecule has 0 spiro atoms. The highest BCUT2D eigenvalue weighted by molar-refractivity contribution is 8.00. The molecule has 7 nitrogen and oxygen atoms in total. The van der Waals surface area contributed by atoms with Crippen LogP contribution in [0.3, 0.4) is 0 Å². The van der Waals surface area contributed by atoms with Crippen molar-refractivity contribution in [3.8, 4) is 0 Å². The molecule has 0 aliphatic rings. The first-order chi connectivity index (χ1) is 13.8. The fourth-order valence-electron chi connectivity index (χ4n) is 2.98. The number of halogens is 1. The van der Waals surface area contributed by atoms with Gasteiger partial charge in [0.15, 0.2) is 0 Å². The van der Waals surface area contributed by atoms with Crippen LogP contribution in [0.2, 0.25) is 5.02 Å². The molecular weight excluding hydrogens is 412 g/mol. The Kier molecular flexibility index (Phi) is 6.44. The fraction of sp³-hybridized carbons (Fsp3) is 0.300. The third-order valence-corrected chi connectivity index (χ3v) is 6.19. The lowest BCUT2D eigenvalue weighted by Gasteiger charge is -2.13. The number of thioether (sulfide) groups is 1. The van der Waals surface area contributed by atoms with Crippen LogP contribution in [-0.2, 0) is 31.9 Å². The minimum atomic E-state index is -0.437. The van der Waals surface area contributed by atoms with Gasteiger partial charge in [0.1, 0.15) is 5.65 Å². The molecular formula is C20H21ClN4O3S. The number of carbonyl (C=O) groups is 1. The van der Waals surface area contributed by atoms with Crippen LogP contribution in [0, 0.1) is 0 Å². The molecule has 0 unspecified atom stereocenters. The number of benzene rings is 1. The number of nitrogens with zero attached hydrogens (tertiary/aromatic N) is 3. The zero-order valence-corrected chi connectivity index (χ0v) is 17.9. The van der Waals surface area contributed by atoms with E-state index in [0.29, 0.717) is 33.9 Å². The van der Waals surface area contributed by atoms with E-state index < -0.39 is 11.2 Å². The van der Waals surface area contributed by atoms with E-state index in [2.05, 4.69) is 10.3 Å². The number of rotatable bonds is 6. The predicted octanol–water partition coefficient (Wildman–Crippen LogP) is 2.26. The zero-order chi connectivity index (χ0) is 21.1. The molecule has 0 fully saturated rings. The molecule has 3 rings (SSSR count). The molecule has 29 heavy (non-hydrogen) atoms. The van der Waals surface area contributed by atoms with Crippen molar-refractivity contribution < 1.29 is 4.79 Å². The Balaban J connectivity index is 1.87. The quantitative estimate of drug-likeness (QED) is 0.604. The first-order valence-corrected chi connectivity index (χ1v) is 10.4. The van der Waals surface area contributed by atoms with Crippen LogP contribution in [0.15, 0.2) is 44.9 Å². The van der Waals surface area contributed by atoms with Crippen molar-refractivity contribution in [2.45, 2.75) is 24.8 Å². The standard InChI is InChI=1S/C20H21ClN4O3S/c1-4-12-9-23-18-16(19(27)25(3)20(28)24(18)2)17(12)29-11-15(26)22-10-13-7-5-6-8-14(13)21/h5-9H,4,10-11H2,1-3H3,(H,22,26). The molecule has 1 aromatic carbocycles. The molecule has 0 radical (unpaired) electrons. The molecule has 152 valence electrons. The van der Waals surface area contributed by atoms with E-state index in [1.165, 1.54) is 23.4 Å². The zero-order valence-electron chi connectivity index (χ0n) is 16.4. The summed E-state index contributed by atoms with van der Waals surface area (Å²) in [5.41, 5.74) is 1.16. The van der Waals surface area contributed by atoms with Crippen molar-refractivity contribution >= 4 is 40.3 Å². The summed E-state index contributed by atoms with van der Waals surface area (Å²) in [5, 5.41) is 3.80. The highest BCUT2D eigenvalue weighted by atomic mass is 35.5. The lowest BCUT2D eigenvalue weighted by atomic mass is 10.2. The second-order valence-corrected chi connectivity index (χ2v) is 7.92. The molecule has 0 atom stereocenters. The molecule has 0 saturated heterocycles. The van der Waals surface area contributed by atoms with Crippen molar-refractivity contribution in [3.05, 3.63) is 67.4 Å². The van der Waals surface area contributed by atoms with Gasteiger partial charge < -0.3 is 5.32 Å². The number of aryl methyl sites for hydroxylation is 2. The van der Waals surface area contributed by atoms with E-state index in [-0.39, 0.29) is 11.7 Å². The van der Waals surface area contributed by atoms with Crippen LogP contribution in [0.1, 0.15) is 18.1 Å². The van der Waals surface area contributed by atoms with E-state index >= 15 is 0 Å². The molecule has 3 aromatic rings. The Bertz CT molecular complexity index is 1200. The lowest BCUT2D eigenvalue weighted by molar-refractivity contribution is -0.118. The normalized spacial score (nSPS) is 11.0. The predicted molar refractivity (Wildman–Crippen MR) is 116 cm³/mol. The molecule has 9 heteroatoms. The highest BCUT2D eigenvalue weighted by Gasteiger charge is 2.18. The Morgan fingerprint density at radius 1 is 1.17 bits per heavy atom. The fourth-order valence-corrected chi connectivity index (χ4v) is 4.27. The highest BCUT2D eigenvalue weighted by Crippen LogP contribution is 2.28. The van der Waals surface area contributed by atoms with Gasteiger partial charge in [-0.3, -0.25) is 18.7 Å². The minimum absolute atomic E-state index is 0.128. The number of nitrogens with one attached hydrogen (secondary N) is 1. The van der Waals surface area contributed by atoms with Gasteiger partial charge in [-0.25, -0.2) is 9.78 Å². The number of amides is 1. The summed E-state index contributed by atoms with van der Waals surface area (Å²) in [6.45, 7) is 2.28. The van der Waals surface area contributed by atoms with Gasteiger partial charge in [-0.2, -0.15) is 0 Å². The van der Waals surface area contributed by atoms with Gasteiger partial charge in [0.05, 0.1) is 11.1 Å². The number of hydrogen-bond donors (Lipinski definition) is 1. The third-order valence-electron chi connectivity index (χ3n) is 4.66. The average Bonchev–Trinajstić information content (AvgIpc) is 2.73. The van der Waals surface area contributed by atoms with Crippen molar-refractivity contribution in [3.63, 3.8) is 0 Å². The second kappa shape index (κ2) is 8.84. The Labute approximate surface area is 176 Å². The van der Waals surface area contributed by atoms with Crippen LogP contribution in [0.4, 0.5) is 0 Å². The van der Waals surface area contributed by atoms with Crippen LogP contribution in [-0.4, -0.2) is 25.8 Å². The number of aromatic nitrogens is 3. The maximum atomic E-state index is 12.8. The summed E-state index contributed by atoms with van der Waals surface area (Å²) in [6, 6.07) is 7.32. The van der Waals surface area contributed by atoms with Gasteiger partial charge in [-0.1, -0.05) is 36.7 Å². The van der Waals surface area contributed by atoms with Crippen LogP contribution < -0.4 is 16.6 Å². The lowest BCUT2D eigenvalue weighted by Crippen LogP contribution is -2.37. The smallest absolute Gasteiger partial charge is 0.332 e. The van der Waals surface area contributed by atoms with Crippen molar-refractivity contribution in [1.82, 2.24) is 19.4 Å². The maximum Gasteiger partial charge on any atom is 0.332 e. The summed E-state index contributed by atoms with van der Waals surface area (Å²) in [6.07, 6.45) is 2.31. The minimum Gasteiger partial charge on any atom is -0.351 e. The van der Waals surface area contributed by atoms with Crippen molar-refractivity contribution in [2.24, 2.45) is 14.1 Å². The van der Waals surface area contributed by atoms with E-state index in [1.807, 2.05) is 25.1 Å². The number of pyridine rings is 1.